The second kappa shape index (κ2) is 5.25. The van der Waals surface area contributed by atoms with Crippen molar-refractivity contribution < 1.29 is 13.2 Å². The molecule has 0 aromatic heterocycles. The Morgan fingerprint density at radius 3 is 2.25 bits per heavy atom. The molecular formula is C12H16O3S. The molecule has 0 amide bonds. The lowest BCUT2D eigenvalue weighted by atomic mass is 10.1. The van der Waals surface area contributed by atoms with Gasteiger partial charge in [-0.15, -0.1) is 0 Å². The quantitative estimate of drug-likeness (QED) is 0.789. The zero-order valence-corrected chi connectivity index (χ0v) is 10.3. The first kappa shape index (κ1) is 12.9. The summed E-state index contributed by atoms with van der Waals surface area (Å²) in [5, 5.41) is 0. The zero-order chi connectivity index (χ0) is 12.2. The van der Waals surface area contributed by atoms with Gasteiger partial charge in [0, 0.05) is 5.92 Å². The SMILES string of the molecule is CC(C)C(=O)CS(=O)(=O)Cc1ccccc1. The first-order valence-corrected chi connectivity index (χ1v) is 7.00. The van der Waals surface area contributed by atoms with Crippen LogP contribution in [0.1, 0.15) is 19.4 Å². The predicted molar refractivity (Wildman–Crippen MR) is 63.8 cm³/mol. The van der Waals surface area contributed by atoms with E-state index in [9.17, 15) is 13.2 Å². The molecule has 0 aliphatic rings. The summed E-state index contributed by atoms with van der Waals surface area (Å²) in [6.07, 6.45) is 0. The molecule has 4 heteroatoms. The molecule has 1 rings (SSSR count). The van der Waals surface area contributed by atoms with Crippen LogP contribution in [0.15, 0.2) is 30.3 Å². The number of hydrogen-bond donors (Lipinski definition) is 0. The van der Waals surface area contributed by atoms with E-state index in [4.69, 9.17) is 0 Å². The van der Waals surface area contributed by atoms with Gasteiger partial charge in [-0.25, -0.2) is 8.42 Å². The molecule has 0 heterocycles. The van der Waals surface area contributed by atoms with Crippen LogP contribution in [-0.2, 0) is 20.4 Å². The van der Waals surface area contributed by atoms with Crippen molar-refractivity contribution in [1.29, 1.82) is 0 Å². The van der Waals surface area contributed by atoms with Gasteiger partial charge in [0.2, 0.25) is 0 Å². The van der Waals surface area contributed by atoms with Crippen molar-refractivity contribution in [3.05, 3.63) is 35.9 Å². The van der Waals surface area contributed by atoms with Crippen molar-refractivity contribution in [2.75, 3.05) is 5.75 Å². The second-order valence-corrected chi connectivity index (χ2v) is 6.20. The summed E-state index contributed by atoms with van der Waals surface area (Å²) in [6.45, 7) is 3.42. The number of hydrogen-bond acceptors (Lipinski definition) is 3. The molecule has 0 spiro atoms. The Balaban J connectivity index is 2.70. The van der Waals surface area contributed by atoms with Gasteiger partial charge in [-0.3, -0.25) is 4.79 Å². The van der Waals surface area contributed by atoms with E-state index in [0.29, 0.717) is 0 Å². The Kier molecular flexibility index (Phi) is 4.24. The minimum atomic E-state index is -3.33. The number of rotatable bonds is 5. The molecule has 88 valence electrons. The van der Waals surface area contributed by atoms with E-state index >= 15 is 0 Å². The van der Waals surface area contributed by atoms with Gasteiger partial charge in [-0.1, -0.05) is 44.2 Å². The van der Waals surface area contributed by atoms with E-state index in [0.717, 1.165) is 5.56 Å². The van der Waals surface area contributed by atoms with Gasteiger partial charge in [-0.2, -0.15) is 0 Å². The predicted octanol–water partition coefficient (Wildman–Crippen LogP) is 1.83. The molecule has 0 fully saturated rings. The highest BCUT2D eigenvalue weighted by Crippen LogP contribution is 2.08. The van der Waals surface area contributed by atoms with Crippen molar-refractivity contribution in [2.45, 2.75) is 19.6 Å². The maximum atomic E-state index is 11.7. The Labute approximate surface area is 96.4 Å². The van der Waals surface area contributed by atoms with Gasteiger partial charge in [-0.05, 0) is 5.56 Å². The third-order valence-corrected chi connectivity index (χ3v) is 3.73. The molecule has 0 aliphatic carbocycles. The highest BCUT2D eigenvalue weighted by Gasteiger charge is 2.19. The summed E-state index contributed by atoms with van der Waals surface area (Å²) in [5.74, 6) is -0.882. The van der Waals surface area contributed by atoms with Gasteiger partial charge in [0.15, 0.2) is 9.84 Å². The van der Waals surface area contributed by atoms with Crippen molar-refractivity contribution in [3.8, 4) is 0 Å². The van der Waals surface area contributed by atoms with Crippen LogP contribution >= 0.6 is 0 Å². The van der Waals surface area contributed by atoms with Crippen molar-refractivity contribution in [2.24, 2.45) is 5.92 Å². The van der Waals surface area contributed by atoms with Crippen LogP contribution in [0.5, 0.6) is 0 Å². The zero-order valence-electron chi connectivity index (χ0n) is 9.51. The molecule has 1 aromatic rings. The van der Waals surface area contributed by atoms with Crippen LogP contribution in [-0.4, -0.2) is 20.0 Å². The van der Waals surface area contributed by atoms with Gasteiger partial charge in [0.05, 0.1) is 5.75 Å². The number of ketones is 1. The largest absolute Gasteiger partial charge is 0.298 e. The third kappa shape index (κ3) is 4.14. The molecule has 16 heavy (non-hydrogen) atoms. The Bertz CT molecular complexity index is 446. The third-order valence-electron chi connectivity index (χ3n) is 2.24. The number of sulfone groups is 1. The molecule has 0 radical (unpaired) electrons. The molecule has 0 N–H and O–H groups in total. The van der Waals surface area contributed by atoms with Crippen molar-refractivity contribution in [3.63, 3.8) is 0 Å². The number of benzene rings is 1. The van der Waals surface area contributed by atoms with Crippen LogP contribution < -0.4 is 0 Å². The lowest BCUT2D eigenvalue weighted by Gasteiger charge is -2.05. The van der Waals surface area contributed by atoms with Crippen molar-refractivity contribution >= 4 is 15.6 Å². The summed E-state index contributed by atoms with van der Waals surface area (Å²) in [5.41, 5.74) is 0.721. The van der Waals surface area contributed by atoms with Gasteiger partial charge < -0.3 is 0 Å². The first-order chi connectivity index (χ1) is 7.41. The summed E-state index contributed by atoms with van der Waals surface area (Å²) < 4.78 is 23.4. The van der Waals surface area contributed by atoms with E-state index < -0.39 is 9.84 Å². The summed E-state index contributed by atoms with van der Waals surface area (Å²) in [4.78, 5) is 11.4. The topological polar surface area (TPSA) is 51.2 Å². The number of carbonyl (C=O) groups is 1. The smallest absolute Gasteiger partial charge is 0.161 e. The minimum absolute atomic E-state index is 0.0632. The Hall–Kier alpha value is -1.16. The maximum Gasteiger partial charge on any atom is 0.161 e. The fraction of sp³-hybridized carbons (Fsp3) is 0.417. The summed E-state index contributed by atoms with van der Waals surface area (Å²) in [7, 11) is -3.33. The van der Waals surface area contributed by atoms with Gasteiger partial charge >= 0.3 is 0 Å². The van der Waals surface area contributed by atoms with E-state index in [1.165, 1.54) is 0 Å². The summed E-state index contributed by atoms with van der Waals surface area (Å²) in [6, 6.07) is 8.90. The van der Waals surface area contributed by atoms with Crippen LogP contribution in [0.2, 0.25) is 0 Å². The maximum absolute atomic E-state index is 11.7. The van der Waals surface area contributed by atoms with E-state index in [2.05, 4.69) is 0 Å². The number of Topliss-reactive ketones (excluding diaryl/α,β-unsaturated/α-hetero) is 1. The Morgan fingerprint density at radius 2 is 1.75 bits per heavy atom. The Morgan fingerprint density at radius 1 is 1.19 bits per heavy atom. The van der Waals surface area contributed by atoms with E-state index in [-0.39, 0.29) is 23.2 Å². The fourth-order valence-electron chi connectivity index (χ4n) is 1.26. The molecule has 1 aromatic carbocycles. The molecule has 0 saturated carbocycles. The van der Waals surface area contributed by atoms with Gasteiger partial charge in [0.1, 0.15) is 11.5 Å². The molecule has 3 nitrogen and oxygen atoms in total. The molecule has 0 saturated heterocycles. The molecule has 0 bridgehead atoms. The van der Waals surface area contributed by atoms with Crippen LogP contribution in [0.25, 0.3) is 0 Å². The molecule has 0 atom stereocenters. The fourth-order valence-corrected chi connectivity index (χ4v) is 2.83. The monoisotopic (exact) mass is 240 g/mol. The van der Waals surface area contributed by atoms with E-state index in [1.54, 1.807) is 38.1 Å². The van der Waals surface area contributed by atoms with Gasteiger partial charge in [0.25, 0.3) is 0 Å². The van der Waals surface area contributed by atoms with Crippen molar-refractivity contribution in [1.82, 2.24) is 0 Å². The standard InChI is InChI=1S/C12H16O3S/c1-10(2)12(13)9-16(14,15)8-11-6-4-3-5-7-11/h3-7,10H,8-9H2,1-2H3. The highest BCUT2D eigenvalue weighted by molar-refractivity contribution is 7.91. The van der Waals surface area contributed by atoms with Crippen LogP contribution in [0, 0.1) is 5.92 Å². The summed E-state index contributed by atoms with van der Waals surface area (Å²) >= 11 is 0. The number of carbonyl (C=O) groups excluding carboxylic acids is 1. The average molecular weight is 240 g/mol. The molecule has 0 aliphatic heterocycles. The molecular weight excluding hydrogens is 224 g/mol. The lowest BCUT2D eigenvalue weighted by molar-refractivity contribution is -0.119. The van der Waals surface area contributed by atoms with E-state index in [1.807, 2.05) is 6.07 Å². The average Bonchev–Trinajstić information content (AvgIpc) is 2.17. The van der Waals surface area contributed by atoms with Crippen LogP contribution in [0.3, 0.4) is 0 Å². The lowest BCUT2D eigenvalue weighted by Crippen LogP contribution is -2.21. The second-order valence-electron chi connectivity index (χ2n) is 4.14. The first-order valence-electron chi connectivity index (χ1n) is 5.18. The van der Waals surface area contributed by atoms with Crippen LogP contribution in [0.4, 0.5) is 0 Å². The normalized spacial score (nSPS) is 11.7. The minimum Gasteiger partial charge on any atom is -0.298 e. The highest BCUT2D eigenvalue weighted by atomic mass is 32.2. The molecule has 0 unspecified atom stereocenters.